The van der Waals surface area contributed by atoms with Gasteiger partial charge in [0.05, 0.1) is 0 Å². The van der Waals surface area contributed by atoms with Crippen LogP contribution < -0.4 is 0 Å². The zero-order valence-corrected chi connectivity index (χ0v) is 17.5. The monoisotopic (exact) mass is 427 g/mol. The molecule has 2 aromatic rings. The van der Waals surface area contributed by atoms with Gasteiger partial charge in [0.2, 0.25) is 5.91 Å². The van der Waals surface area contributed by atoms with Gasteiger partial charge >= 0.3 is 0 Å². The maximum Gasteiger partial charge on any atom is 0.254 e. The highest BCUT2D eigenvalue weighted by atomic mass is 19.1. The van der Waals surface area contributed by atoms with Crippen LogP contribution in [0, 0.1) is 17.6 Å². The van der Waals surface area contributed by atoms with Crippen molar-refractivity contribution in [3.05, 3.63) is 71.3 Å². The van der Waals surface area contributed by atoms with E-state index >= 15 is 0 Å². The molecule has 5 nitrogen and oxygen atoms in total. The minimum atomic E-state index is -0.389. The van der Waals surface area contributed by atoms with Crippen LogP contribution in [0.4, 0.5) is 8.78 Å². The van der Waals surface area contributed by atoms with Crippen molar-refractivity contribution in [3.8, 4) is 0 Å². The first-order valence-corrected chi connectivity index (χ1v) is 10.8. The maximum absolute atomic E-state index is 13.3. The molecule has 0 aromatic heterocycles. The summed E-state index contributed by atoms with van der Waals surface area (Å²) in [5, 5.41) is 0. The van der Waals surface area contributed by atoms with E-state index in [9.17, 15) is 18.4 Å². The highest BCUT2D eigenvalue weighted by Crippen LogP contribution is 2.31. The van der Waals surface area contributed by atoms with E-state index in [1.807, 2.05) is 4.90 Å². The lowest BCUT2D eigenvalue weighted by Gasteiger charge is -2.36. The number of halogens is 2. The lowest BCUT2D eigenvalue weighted by atomic mass is 10.1. The molecule has 164 valence electrons. The molecule has 0 N–H and O–H groups in total. The van der Waals surface area contributed by atoms with Crippen molar-refractivity contribution >= 4 is 11.8 Å². The quantitative estimate of drug-likeness (QED) is 0.682. The molecule has 1 heterocycles. The summed E-state index contributed by atoms with van der Waals surface area (Å²) in [7, 11) is 0. The summed E-state index contributed by atoms with van der Waals surface area (Å²) in [6.07, 6.45) is 2.03. The Balaban J connectivity index is 1.38. The van der Waals surface area contributed by atoms with Gasteiger partial charge in [-0.3, -0.25) is 14.5 Å². The van der Waals surface area contributed by atoms with Gasteiger partial charge in [-0.05, 0) is 54.8 Å². The summed E-state index contributed by atoms with van der Waals surface area (Å²) in [5.74, 6) is -0.374. The molecule has 7 heteroatoms. The minimum absolute atomic E-state index is 0.188. The van der Waals surface area contributed by atoms with Crippen LogP contribution in [-0.4, -0.2) is 65.8 Å². The third kappa shape index (κ3) is 5.67. The Morgan fingerprint density at radius 1 is 0.871 bits per heavy atom. The summed E-state index contributed by atoms with van der Waals surface area (Å²) in [6, 6.07) is 11.6. The minimum Gasteiger partial charge on any atom is -0.340 e. The van der Waals surface area contributed by atoms with E-state index in [-0.39, 0.29) is 29.4 Å². The molecule has 2 fully saturated rings. The topological polar surface area (TPSA) is 43.9 Å². The highest BCUT2D eigenvalue weighted by molar-refractivity contribution is 5.94. The van der Waals surface area contributed by atoms with Crippen LogP contribution in [0.25, 0.3) is 0 Å². The number of benzene rings is 2. The van der Waals surface area contributed by atoms with Gasteiger partial charge in [0.15, 0.2) is 0 Å². The predicted octanol–water partition coefficient (Wildman–Crippen LogP) is 3.16. The van der Waals surface area contributed by atoms with Crippen molar-refractivity contribution in [2.75, 3.05) is 39.3 Å². The Labute approximate surface area is 181 Å². The van der Waals surface area contributed by atoms with Gasteiger partial charge in [-0.25, -0.2) is 8.78 Å². The molecule has 1 saturated carbocycles. The van der Waals surface area contributed by atoms with Gasteiger partial charge in [-0.2, -0.15) is 0 Å². The van der Waals surface area contributed by atoms with Crippen LogP contribution in [-0.2, 0) is 11.3 Å². The van der Waals surface area contributed by atoms with Gasteiger partial charge in [0, 0.05) is 57.3 Å². The third-order valence-corrected chi connectivity index (χ3v) is 5.96. The summed E-state index contributed by atoms with van der Waals surface area (Å²) >= 11 is 0. The van der Waals surface area contributed by atoms with E-state index < -0.39 is 0 Å². The number of amides is 2. The number of hydrogen-bond acceptors (Lipinski definition) is 3. The molecule has 2 aromatic carbocycles. The van der Waals surface area contributed by atoms with E-state index in [0.717, 1.165) is 44.6 Å². The summed E-state index contributed by atoms with van der Waals surface area (Å²) in [6.45, 7) is 4.53. The fourth-order valence-electron chi connectivity index (χ4n) is 3.88. The van der Waals surface area contributed by atoms with Gasteiger partial charge in [0.1, 0.15) is 11.6 Å². The lowest BCUT2D eigenvalue weighted by Crippen LogP contribution is -2.51. The van der Waals surface area contributed by atoms with Gasteiger partial charge < -0.3 is 9.80 Å². The number of rotatable bonds is 7. The van der Waals surface area contributed by atoms with Gasteiger partial charge in [-0.1, -0.05) is 12.1 Å². The van der Waals surface area contributed by atoms with Crippen molar-refractivity contribution in [2.24, 2.45) is 5.92 Å². The smallest absolute Gasteiger partial charge is 0.254 e. The number of nitrogens with zero attached hydrogens (tertiary/aromatic N) is 3. The first-order valence-electron chi connectivity index (χ1n) is 10.8. The first kappa shape index (κ1) is 21.4. The van der Waals surface area contributed by atoms with Crippen molar-refractivity contribution in [1.82, 2.24) is 14.7 Å². The molecule has 0 atom stereocenters. The van der Waals surface area contributed by atoms with Gasteiger partial charge in [0.25, 0.3) is 5.91 Å². The van der Waals surface area contributed by atoms with Crippen LogP contribution in [0.5, 0.6) is 0 Å². The fraction of sp³-hybridized carbons (Fsp3) is 0.417. The molecule has 0 radical (unpaired) electrons. The SMILES string of the molecule is O=C(c1ccc(F)cc1)N(CCN1CCN(C(=O)C2CC2)CC1)Cc1ccc(F)cc1. The molecule has 0 spiro atoms. The third-order valence-electron chi connectivity index (χ3n) is 5.96. The number of carbonyl (C=O) groups is 2. The van der Waals surface area contributed by atoms with Crippen molar-refractivity contribution in [3.63, 3.8) is 0 Å². The van der Waals surface area contributed by atoms with E-state index in [2.05, 4.69) is 4.90 Å². The van der Waals surface area contributed by atoms with Crippen LogP contribution in [0.15, 0.2) is 48.5 Å². The molecule has 1 saturated heterocycles. The number of carbonyl (C=O) groups excluding carboxylic acids is 2. The molecule has 0 unspecified atom stereocenters. The van der Waals surface area contributed by atoms with E-state index in [1.54, 1.807) is 17.0 Å². The molecular formula is C24H27F2N3O2. The maximum atomic E-state index is 13.3. The Hall–Kier alpha value is -2.80. The first-order chi connectivity index (χ1) is 15.0. The molecule has 1 aliphatic heterocycles. The zero-order chi connectivity index (χ0) is 21.8. The standard InChI is InChI=1S/C24H27F2N3O2/c25-21-7-1-18(2-8-21)17-29(24(31)20-5-9-22(26)10-6-20)16-13-27-11-14-28(15-12-27)23(30)19-3-4-19/h1-2,5-10,19H,3-4,11-17H2. The second-order valence-electron chi connectivity index (χ2n) is 8.30. The van der Waals surface area contributed by atoms with Crippen molar-refractivity contribution < 1.29 is 18.4 Å². The van der Waals surface area contributed by atoms with Crippen LogP contribution in [0.2, 0.25) is 0 Å². The fourth-order valence-corrected chi connectivity index (χ4v) is 3.88. The largest absolute Gasteiger partial charge is 0.340 e. The summed E-state index contributed by atoms with van der Waals surface area (Å²) < 4.78 is 26.5. The molecule has 4 rings (SSSR count). The Bertz CT molecular complexity index is 905. The predicted molar refractivity (Wildman–Crippen MR) is 113 cm³/mol. The summed E-state index contributed by atoms with van der Waals surface area (Å²) in [4.78, 5) is 31.2. The Morgan fingerprint density at radius 2 is 1.45 bits per heavy atom. The van der Waals surface area contributed by atoms with E-state index in [0.29, 0.717) is 25.2 Å². The molecule has 31 heavy (non-hydrogen) atoms. The van der Waals surface area contributed by atoms with E-state index in [1.165, 1.54) is 36.4 Å². The molecule has 2 aliphatic rings. The molecular weight excluding hydrogens is 400 g/mol. The second kappa shape index (κ2) is 9.56. The van der Waals surface area contributed by atoms with E-state index in [4.69, 9.17) is 0 Å². The normalized spacial score (nSPS) is 16.9. The second-order valence-corrected chi connectivity index (χ2v) is 8.30. The molecule has 1 aliphatic carbocycles. The van der Waals surface area contributed by atoms with Crippen LogP contribution in [0.1, 0.15) is 28.8 Å². The average molecular weight is 427 g/mol. The van der Waals surface area contributed by atoms with Gasteiger partial charge in [-0.15, -0.1) is 0 Å². The highest BCUT2D eigenvalue weighted by Gasteiger charge is 2.34. The lowest BCUT2D eigenvalue weighted by molar-refractivity contribution is -0.134. The van der Waals surface area contributed by atoms with Crippen molar-refractivity contribution in [1.29, 1.82) is 0 Å². The number of hydrogen-bond donors (Lipinski definition) is 0. The molecule has 0 bridgehead atoms. The average Bonchev–Trinajstić information content (AvgIpc) is 3.63. The molecule has 2 amide bonds. The summed E-state index contributed by atoms with van der Waals surface area (Å²) in [5.41, 5.74) is 1.25. The zero-order valence-electron chi connectivity index (χ0n) is 17.5. The number of piperazine rings is 1. The Morgan fingerprint density at radius 3 is 2.03 bits per heavy atom. The van der Waals surface area contributed by atoms with Crippen LogP contribution >= 0.6 is 0 Å². The van der Waals surface area contributed by atoms with Crippen molar-refractivity contribution in [2.45, 2.75) is 19.4 Å². The Kier molecular flexibility index (Phi) is 6.61. The van der Waals surface area contributed by atoms with Crippen LogP contribution in [0.3, 0.4) is 0 Å².